The van der Waals surface area contributed by atoms with E-state index in [0.717, 1.165) is 54.8 Å². The minimum atomic E-state index is 0.0948. The molecule has 0 saturated carbocycles. The Bertz CT molecular complexity index is 620. The Morgan fingerprint density at radius 3 is 3.00 bits per heavy atom. The van der Waals surface area contributed by atoms with Crippen LogP contribution in [-0.4, -0.2) is 41.7 Å². The normalized spacial score (nSPS) is 16.0. The molecule has 3 rings (SSSR count). The van der Waals surface area contributed by atoms with E-state index in [1.54, 1.807) is 0 Å². The maximum Gasteiger partial charge on any atom is 0.224 e. The molecule has 0 bridgehead atoms. The number of benzene rings is 1. The zero-order valence-corrected chi connectivity index (χ0v) is 13.5. The van der Waals surface area contributed by atoms with Crippen LogP contribution in [0, 0.1) is 0 Å². The largest absolute Gasteiger partial charge is 0.381 e. The third kappa shape index (κ3) is 4.05. The number of ether oxygens (including phenoxy) is 1. The SMILES string of the molecule is O=C(Cc1c[nH]c2ccccc12)NCCSC1CCOCC1. The van der Waals surface area contributed by atoms with Crippen molar-refractivity contribution in [2.24, 2.45) is 0 Å². The van der Waals surface area contributed by atoms with Crippen molar-refractivity contribution < 1.29 is 9.53 Å². The summed E-state index contributed by atoms with van der Waals surface area (Å²) in [4.78, 5) is 15.3. The van der Waals surface area contributed by atoms with Crippen LogP contribution in [0.25, 0.3) is 10.9 Å². The van der Waals surface area contributed by atoms with Crippen molar-refractivity contribution in [1.29, 1.82) is 0 Å². The molecule has 0 aliphatic carbocycles. The molecule has 22 heavy (non-hydrogen) atoms. The number of amides is 1. The summed E-state index contributed by atoms with van der Waals surface area (Å²) in [5.74, 6) is 1.07. The molecule has 4 nitrogen and oxygen atoms in total. The Morgan fingerprint density at radius 1 is 1.32 bits per heavy atom. The number of para-hydroxylation sites is 1. The summed E-state index contributed by atoms with van der Waals surface area (Å²) in [6, 6.07) is 8.08. The van der Waals surface area contributed by atoms with Gasteiger partial charge >= 0.3 is 0 Å². The van der Waals surface area contributed by atoms with Crippen molar-refractivity contribution in [2.75, 3.05) is 25.5 Å². The van der Waals surface area contributed by atoms with Gasteiger partial charge in [0.15, 0.2) is 0 Å². The molecule has 0 spiro atoms. The molecule has 1 fully saturated rings. The van der Waals surface area contributed by atoms with Crippen molar-refractivity contribution in [3.8, 4) is 0 Å². The third-order valence-corrected chi connectivity index (χ3v) is 5.35. The second-order valence-corrected chi connectivity index (χ2v) is 6.98. The molecule has 118 valence electrons. The van der Waals surface area contributed by atoms with Crippen LogP contribution in [0.2, 0.25) is 0 Å². The number of hydrogen-bond donors (Lipinski definition) is 2. The van der Waals surface area contributed by atoms with Gasteiger partial charge in [-0.3, -0.25) is 4.79 Å². The minimum absolute atomic E-state index is 0.0948. The Morgan fingerprint density at radius 2 is 2.14 bits per heavy atom. The number of carbonyl (C=O) groups is 1. The summed E-state index contributed by atoms with van der Waals surface area (Å²) in [5.41, 5.74) is 2.14. The van der Waals surface area contributed by atoms with Gasteiger partial charge in [-0.05, 0) is 24.5 Å². The molecule has 2 aromatic rings. The van der Waals surface area contributed by atoms with Gasteiger partial charge in [0.1, 0.15) is 0 Å². The zero-order valence-electron chi connectivity index (χ0n) is 12.6. The second kappa shape index (κ2) is 7.70. The number of thioether (sulfide) groups is 1. The lowest BCUT2D eigenvalue weighted by molar-refractivity contribution is -0.120. The Labute approximate surface area is 135 Å². The first-order valence-corrected chi connectivity index (χ1v) is 8.89. The maximum absolute atomic E-state index is 12.1. The molecule has 1 aliphatic heterocycles. The monoisotopic (exact) mass is 318 g/mol. The van der Waals surface area contributed by atoms with Crippen molar-refractivity contribution in [3.63, 3.8) is 0 Å². The summed E-state index contributed by atoms with van der Waals surface area (Å²) < 4.78 is 5.35. The van der Waals surface area contributed by atoms with Gasteiger partial charge in [-0.1, -0.05) is 18.2 Å². The van der Waals surface area contributed by atoms with E-state index in [1.807, 2.05) is 36.2 Å². The molecule has 0 unspecified atom stereocenters. The number of rotatable bonds is 6. The van der Waals surface area contributed by atoms with Crippen LogP contribution >= 0.6 is 11.8 Å². The van der Waals surface area contributed by atoms with Gasteiger partial charge in [0.25, 0.3) is 0 Å². The highest BCUT2D eigenvalue weighted by Gasteiger charge is 2.14. The number of hydrogen-bond acceptors (Lipinski definition) is 3. The molecule has 2 N–H and O–H groups in total. The fourth-order valence-electron chi connectivity index (χ4n) is 2.77. The number of fused-ring (bicyclic) bond motifs is 1. The molecule has 1 aromatic carbocycles. The van der Waals surface area contributed by atoms with E-state index in [9.17, 15) is 4.79 Å². The zero-order chi connectivity index (χ0) is 15.2. The summed E-state index contributed by atoms with van der Waals surface area (Å²) in [7, 11) is 0. The molecule has 1 amide bonds. The number of nitrogens with one attached hydrogen (secondary N) is 2. The Balaban J connectivity index is 1.41. The van der Waals surface area contributed by atoms with E-state index in [4.69, 9.17) is 4.74 Å². The summed E-state index contributed by atoms with van der Waals surface area (Å²) >= 11 is 1.95. The fraction of sp³-hybridized carbons (Fsp3) is 0.471. The molecular formula is C17H22N2O2S. The van der Waals surface area contributed by atoms with E-state index in [2.05, 4.69) is 16.4 Å². The van der Waals surface area contributed by atoms with Crippen LogP contribution < -0.4 is 5.32 Å². The second-order valence-electron chi connectivity index (χ2n) is 5.57. The molecule has 1 saturated heterocycles. The van der Waals surface area contributed by atoms with Gasteiger partial charge in [-0.25, -0.2) is 0 Å². The predicted molar refractivity (Wildman–Crippen MR) is 91.3 cm³/mol. The number of carbonyl (C=O) groups excluding carboxylic acids is 1. The lowest BCUT2D eigenvalue weighted by Crippen LogP contribution is -2.28. The topological polar surface area (TPSA) is 54.1 Å². The quantitative estimate of drug-likeness (QED) is 0.805. The van der Waals surface area contributed by atoms with E-state index < -0.39 is 0 Å². The fourth-order valence-corrected chi connectivity index (χ4v) is 3.85. The molecule has 0 atom stereocenters. The van der Waals surface area contributed by atoms with Crippen LogP contribution in [0.1, 0.15) is 18.4 Å². The van der Waals surface area contributed by atoms with Crippen molar-refractivity contribution in [1.82, 2.24) is 10.3 Å². The molecular weight excluding hydrogens is 296 g/mol. The van der Waals surface area contributed by atoms with Crippen molar-refractivity contribution in [2.45, 2.75) is 24.5 Å². The number of H-pyrrole nitrogens is 1. The standard InChI is InChI=1S/C17H22N2O2S/c20-17(18-7-10-22-14-5-8-21-9-6-14)11-13-12-19-16-4-2-1-3-15(13)16/h1-4,12,14,19H,5-11H2,(H,18,20). The molecule has 5 heteroatoms. The van der Waals surface area contributed by atoms with E-state index in [1.165, 1.54) is 0 Å². The molecule has 1 aromatic heterocycles. The average molecular weight is 318 g/mol. The van der Waals surface area contributed by atoms with Crippen LogP contribution in [-0.2, 0) is 16.0 Å². The Kier molecular flexibility index (Phi) is 5.40. The summed E-state index contributed by atoms with van der Waals surface area (Å²) in [6.07, 6.45) is 4.63. The molecule has 0 radical (unpaired) electrons. The first kappa shape index (κ1) is 15.4. The van der Waals surface area contributed by atoms with Gasteiger partial charge in [-0.2, -0.15) is 11.8 Å². The van der Waals surface area contributed by atoms with Gasteiger partial charge in [0.05, 0.1) is 6.42 Å². The third-order valence-electron chi connectivity index (χ3n) is 3.97. The molecule has 1 aliphatic rings. The van der Waals surface area contributed by atoms with E-state index >= 15 is 0 Å². The Hall–Kier alpha value is -1.46. The lowest BCUT2D eigenvalue weighted by Gasteiger charge is -2.21. The summed E-state index contributed by atoms with van der Waals surface area (Å²) in [5, 5.41) is 4.85. The summed E-state index contributed by atoms with van der Waals surface area (Å²) in [6.45, 7) is 2.50. The maximum atomic E-state index is 12.1. The van der Waals surface area contributed by atoms with Crippen LogP contribution in [0.4, 0.5) is 0 Å². The van der Waals surface area contributed by atoms with Crippen LogP contribution in [0.3, 0.4) is 0 Å². The van der Waals surface area contributed by atoms with Gasteiger partial charge in [0, 0.05) is 47.9 Å². The minimum Gasteiger partial charge on any atom is -0.381 e. The van der Waals surface area contributed by atoms with Crippen LogP contribution in [0.15, 0.2) is 30.5 Å². The van der Waals surface area contributed by atoms with Gasteiger partial charge < -0.3 is 15.0 Å². The molecule has 2 heterocycles. The smallest absolute Gasteiger partial charge is 0.224 e. The van der Waals surface area contributed by atoms with Crippen LogP contribution in [0.5, 0.6) is 0 Å². The van der Waals surface area contributed by atoms with Gasteiger partial charge in [-0.15, -0.1) is 0 Å². The van der Waals surface area contributed by atoms with Crippen molar-refractivity contribution >= 4 is 28.6 Å². The highest BCUT2D eigenvalue weighted by molar-refractivity contribution is 7.99. The first-order chi connectivity index (χ1) is 10.8. The van der Waals surface area contributed by atoms with E-state index in [-0.39, 0.29) is 5.91 Å². The van der Waals surface area contributed by atoms with Gasteiger partial charge in [0.2, 0.25) is 5.91 Å². The highest BCUT2D eigenvalue weighted by Crippen LogP contribution is 2.21. The first-order valence-electron chi connectivity index (χ1n) is 7.84. The number of aromatic amines is 1. The number of aromatic nitrogens is 1. The predicted octanol–water partition coefficient (Wildman–Crippen LogP) is 2.74. The van der Waals surface area contributed by atoms with E-state index in [0.29, 0.717) is 11.7 Å². The highest BCUT2D eigenvalue weighted by atomic mass is 32.2. The average Bonchev–Trinajstić information content (AvgIpc) is 2.96. The lowest BCUT2D eigenvalue weighted by atomic mass is 10.1. The van der Waals surface area contributed by atoms with Crippen molar-refractivity contribution in [3.05, 3.63) is 36.0 Å².